The summed E-state index contributed by atoms with van der Waals surface area (Å²) in [5.41, 5.74) is 0.753. The summed E-state index contributed by atoms with van der Waals surface area (Å²) in [6.07, 6.45) is 0. The number of hydrogen-bond donors (Lipinski definition) is 0. The Kier molecular flexibility index (Phi) is 6.26. The molecule has 0 radical (unpaired) electrons. The number of halogens is 1. The van der Waals surface area contributed by atoms with E-state index in [9.17, 15) is 8.42 Å². The van der Waals surface area contributed by atoms with E-state index in [4.69, 9.17) is 16.3 Å². The average Bonchev–Trinajstić information content (AvgIpc) is 2.71. The van der Waals surface area contributed by atoms with Gasteiger partial charge in [-0.15, -0.1) is 22.9 Å². The van der Waals surface area contributed by atoms with Gasteiger partial charge >= 0.3 is 0 Å². The summed E-state index contributed by atoms with van der Waals surface area (Å²) in [5, 5.41) is 1.83. The van der Waals surface area contributed by atoms with Gasteiger partial charge in [0, 0.05) is 24.6 Å². The van der Waals surface area contributed by atoms with Crippen molar-refractivity contribution in [3.63, 3.8) is 0 Å². The van der Waals surface area contributed by atoms with E-state index in [2.05, 4.69) is 0 Å². The first-order valence-corrected chi connectivity index (χ1v) is 8.89. The Morgan fingerprint density at radius 2 is 2.16 bits per heavy atom. The minimum Gasteiger partial charge on any atom is -0.383 e. The van der Waals surface area contributed by atoms with Gasteiger partial charge in [0.15, 0.2) is 0 Å². The van der Waals surface area contributed by atoms with Crippen LogP contribution in [0.4, 0.5) is 0 Å². The van der Waals surface area contributed by atoms with Crippen molar-refractivity contribution in [2.75, 3.05) is 20.3 Å². The number of methoxy groups -OCH3 is 1. The van der Waals surface area contributed by atoms with Crippen LogP contribution in [-0.2, 0) is 20.6 Å². The Balaban J connectivity index is 3.24. The predicted molar refractivity (Wildman–Crippen MR) is 79.5 cm³/mol. The van der Waals surface area contributed by atoms with Gasteiger partial charge in [-0.25, -0.2) is 8.42 Å². The molecule has 0 saturated carbocycles. The summed E-state index contributed by atoms with van der Waals surface area (Å²) in [5.74, 6) is 0.212. The monoisotopic (exact) mass is 325 g/mol. The molecule has 1 aromatic rings. The smallest absolute Gasteiger partial charge is 0.244 e. The van der Waals surface area contributed by atoms with Gasteiger partial charge in [-0.05, 0) is 24.8 Å². The van der Waals surface area contributed by atoms with Crippen molar-refractivity contribution in [2.24, 2.45) is 0 Å². The molecule has 19 heavy (non-hydrogen) atoms. The summed E-state index contributed by atoms with van der Waals surface area (Å²) in [4.78, 5) is 1.06. The highest BCUT2D eigenvalue weighted by Crippen LogP contribution is 2.31. The minimum atomic E-state index is -3.52. The van der Waals surface area contributed by atoms with Crippen LogP contribution in [0.2, 0.25) is 0 Å². The highest BCUT2D eigenvalue weighted by molar-refractivity contribution is 7.89. The fourth-order valence-corrected chi connectivity index (χ4v) is 5.73. The van der Waals surface area contributed by atoms with E-state index in [1.165, 1.54) is 15.6 Å². The summed E-state index contributed by atoms with van der Waals surface area (Å²) in [7, 11) is -1.96. The standard InChI is InChI=1S/C12H20ClNO3S2/c1-5-14(10(3)7-17-4)19(15,16)12-9(2)8-18-11(12)6-13/h8,10H,5-7H2,1-4H3. The maximum Gasteiger partial charge on any atom is 0.244 e. The lowest BCUT2D eigenvalue weighted by Gasteiger charge is -2.27. The first-order chi connectivity index (χ1) is 8.89. The molecule has 7 heteroatoms. The number of aryl methyl sites for hydroxylation is 1. The van der Waals surface area contributed by atoms with Crippen molar-refractivity contribution in [1.82, 2.24) is 4.31 Å². The summed E-state index contributed by atoms with van der Waals surface area (Å²) in [6.45, 7) is 6.24. The molecule has 0 bridgehead atoms. The zero-order valence-corrected chi connectivity index (χ0v) is 14.0. The molecule has 1 atom stereocenters. The lowest BCUT2D eigenvalue weighted by Crippen LogP contribution is -2.41. The molecule has 1 unspecified atom stereocenters. The topological polar surface area (TPSA) is 46.6 Å². The van der Waals surface area contributed by atoms with Crippen molar-refractivity contribution >= 4 is 33.0 Å². The lowest BCUT2D eigenvalue weighted by molar-refractivity contribution is 0.142. The van der Waals surface area contributed by atoms with E-state index in [0.29, 0.717) is 22.9 Å². The second-order valence-corrected chi connectivity index (χ2v) is 7.38. The maximum absolute atomic E-state index is 12.8. The van der Waals surface area contributed by atoms with Gasteiger partial charge in [-0.3, -0.25) is 0 Å². The van der Waals surface area contributed by atoms with Crippen LogP contribution >= 0.6 is 22.9 Å². The summed E-state index contributed by atoms with van der Waals surface area (Å²) < 4.78 is 32.0. The number of likely N-dealkylation sites (N-methyl/N-ethyl adjacent to an activating group) is 1. The zero-order chi connectivity index (χ0) is 14.6. The molecule has 1 rings (SSSR count). The van der Waals surface area contributed by atoms with Gasteiger partial charge < -0.3 is 4.74 Å². The van der Waals surface area contributed by atoms with Crippen LogP contribution in [0.25, 0.3) is 0 Å². The van der Waals surface area contributed by atoms with Gasteiger partial charge in [0.25, 0.3) is 0 Å². The molecule has 110 valence electrons. The normalized spacial score (nSPS) is 14.0. The van der Waals surface area contributed by atoms with Crippen LogP contribution in [0.3, 0.4) is 0 Å². The van der Waals surface area contributed by atoms with E-state index in [1.54, 1.807) is 14.0 Å². The molecule has 1 aromatic heterocycles. The Morgan fingerprint density at radius 1 is 1.53 bits per heavy atom. The highest BCUT2D eigenvalue weighted by Gasteiger charge is 2.31. The molecule has 0 aromatic carbocycles. The Hall–Kier alpha value is -0.140. The Morgan fingerprint density at radius 3 is 2.63 bits per heavy atom. The number of hydrogen-bond acceptors (Lipinski definition) is 4. The van der Waals surface area contributed by atoms with E-state index < -0.39 is 10.0 Å². The number of rotatable bonds is 7. The molecule has 0 spiro atoms. The summed E-state index contributed by atoms with van der Waals surface area (Å²) >= 11 is 7.23. The molecule has 4 nitrogen and oxygen atoms in total. The third kappa shape index (κ3) is 3.49. The lowest BCUT2D eigenvalue weighted by atomic mass is 10.3. The predicted octanol–water partition coefficient (Wildman–Crippen LogP) is 2.84. The van der Waals surface area contributed by atoms with Crippen molar-refractivity contribution in [1.29, 1.82) is 0 Å². The van der Waals surface area contributed by atoms with E-state index in [1.807, 2.05) is 19.2 Å². The summed E-state index contributed by atoms with van der Waals surface area (Å²) in [6, 6.07) is -0.206. The number of thiophene rings is 1. The van der Waals surface area contributed by atoms with E-state index in [-0.39, 0.29) is 11.9 Å². The molecule has 1 heterocycles. The van der Waals surface area contributed by atoms with Crippen molar-refractivity contribution in [3.05, 3.63) is 15.8 Å². The Bertz CT molecular complexity index is 513. The van der Waals surface area contributed by atoms with Crippen LogP contribution in [0, 0.1) is 6.92 Å². The zero-order valence-electron chi connectivity index (χ0n) is 11.6. The number of ether oxygens (including phenoxy) is 1. The fraction of sp³-hybridized carbons (Fsp3) is 0.667. The Labute approximate surface area is 124 Å². The molecule has 0 aliphatic carbocycles. The van der Waals surface area contributed by atoms with E-state index in [0.717, 1.165) is 5.56 Å². The van der Waals surface area contributed by atoms with Crippen LogP contribution in [0.1, 0.15) is 24.3 Å². The second-order valence-electron chi connectivity index (χ2n) is 4.32. The average molecular weight is 326 g/mol. The molecule has 0 saturated heterocycles. The third-order valence-corrected chi connectivity index (χ3v) is 6.87. The van der Waals surface area contributed by atoms with Gasteiger partial charge in [-0.1, -0.05) is 6.92 Å². The van der Waals surface area contributed by atoms with Crippen molar-refractivity contribution in [3.8, 4) is 0 Å². The van der Waals surface area contributed by atoms with Crippen molar-refractivity contribution < 1.29 is 13.2 Å². The highest BCUT2D eigenvalue weighted by atomic mass is 35.5. The fourth-order valence-electron chi connectivity index (χ4n) is 2.09. The first kappa shape index (κ1) is 16.9. The maximum atomic E-state index is 12.8. The second kappa shape index (κ2) is 7.04. The van der Waals surface area contributed by atoms with Crippen LogP contribution in [0.15, 0.2) is 10.3 Å². The van der Waals surface area contributed by atoms with Crippen LogP contribution in [0.5, 0.6) is 0 Å². The van der Waals surface area contributed by atoms with Gasteiger partial charge in [0.2, 0.25) is 10.0 Å². The molecule has 0 amide bonds. The quantitative estimate of drug-likeness (QED) is 0.724. The molecular weight excluding hydrogens is 306 g/mol. The molecular formula is C12H20ClNO3S2. The van der Waals surface area contributed by atoms with Gasteiger partial charge in [-0.2, -0.15) is 4.31 Å². The van der Waals surface area contributed by atoms with Gasteiger partial charge in [0.1, 0.15) is 4.90 Å². The minimum absolute atomic E-state index is 0.206. The van der Waals surface area contributed by atoms with Crippen molar-refractivity contribution in [2.45, 2.75) is 37.6 Å². The number of alkyl halides is 1. The molecule has 0 fully saturated rings. The third-order valence-electron chi connectivity index (χ3n) is 2.89. The largest absolute Gasteiger partial charge is 0.383 e. The van der Waals surface area contributed by atoms with Gasteiger partial charge in [0.05, 0.1) is 12.5 Å². The number of sulfonamides is 1. The van der Waals surface area contributed by atoms with E-state index >= 15 is 0 Å². The molecule has 0 N–H and O–H groups in total. The first-order valence-electron chi connectivity index (χ1n) is 6.03. The molecule has 0 aliphatic heterocycles. The van der Waals surface area contributed by atoms with Crippen LogP contribution in [-0.4, -0.2) is 39.0 Å². The number of nitrogens with zero attached hydrogens (tertiary/aromatic N) is 1. The SMILES string of the molecule is CCN(C(C)COC)S(=O)(=O)c1c(C)csc1CCl. The molecule has 0 aliphatic rings. The van der Waals surface area contributed by atoms with Crippen LogP contribution < -0.4 is 0 Å².